The number of carbonyl (C=O) groups excluding carboxylic acids is 1. The lowest BCUT2D eigenvalue weighted by atomic mass is 10.3. The highest BCUT2D eigenvalue weighted by Crippen LogP contribution is 2.18. The van der Waals surface area contributed by atoms with Crippen molar-refractivity contribution < 1.29 is 22.0 Å². The number of aromatic nitrogens is 1. The molecule has 0 bridgehead atoms. The van der Waals surface area contributed by atoms with Gasteiger partial charge in [-0.25, -0.2) is 17.2 Å². The first-order valence-electron chi connectivity index (χ1n) is 8.15. The number of halogens is 2. The zero-order chi connectivity index (χ0) is 19.6. The minimum atomic E-state index is -3.71. The smallest absolute Gasteiger partial charge is 0.249 e. The Morgan fingerprint density at radius 2 is 1.78 bits per heavy atom. The molecule has 0 N–H and O–H groups in total. The van der Waals surface area contributed by atoms with Crippen LogP contribution in [-0.4, -0.2) is 24.6 Å². The molecule has 0 saturated heterocycles. The van der Waals surface area contributed by atoms with Crippen molar-refractivity contribution in [2.75, 3.05) is 5.75 Å². The Kier molecular flexibility index (Phi) is 5.52. The van der Waals surface area contributed by atoms with E-state index in [4.69, 9.17) is 0 Å². The Morgan fingerprint density at radius 3 is 2.44 bits per heavy atom. The van der Waals surface area contributed by atoms with Gasteiger partial charge in [-0.05, 0) is 49.4 Å². The van der Waals surface area contributed by atoms with Crippen LogP contribution in [-0.2, 0) is 21.2 Å². The standard InChI is InChI=1S/C18H16F2N2O3S2/c1-2-22-15-8-5-13(20)11-16(15)26-18(22)21-17(23)9-10-27(24,25)14-6-3-12(19)4-7-14/h3-8,11H,2,9-10H2,1H3. The van der Waals surface area contributed by atoms with Crippen LogP contribution in [0.25, 0.3) is 10.2 Å². The second-order valence-electron chi connectivity index (χ2n) is 5.77. The fourth-order valence-electron chi connectivity index (χ4n) is 2.58. The molecule has 5 nitrogen and oxygen atoms in total. The predicted molar refractivity (Wildman–Crippen MR) is 99.1 cm³/mol. The SMILES string of the molecule is CCn1c(=NC(=O)CCS(=O)(=O)c2ccc(F)cc2)sc2cc(F)ccc21. The van der Waals surface area contributed by atoms with E-state index in [9.17, 15) is 22.0 Å². The summed E-state index contributed by atoms with van der Waals surface area (Å²) in [5.74, 6) is -1.93. The summed E-state index contributed by atoms with van der Waals surface area (Å²) in [5, 5.41) is 0. The van der Waals surface area contributed by atoms with Crippen molar-refractivity contribution in [2.24, 2.45) is 4.99 Å². The number of nitrogens with zero attached hydrogens (tertiary/aromatic N) is 2. The number of fused-ring (bicyclic) bond motifs is 1. The Hall–Kier alpha value is -2.39. The molecule has 1 amide bonds. The van der Waals surface area contributed by atoms with Crippen molar-refractivity contribution in [1.82, 2.24) is 4.57 Å². The summed E-state index contributed by atoms with van der Waals surface area (Å²) >= 11 is 1.17. The van der Waals surface area contributed by atoms with Crippen molar-refractivity contribution >= 4 is 37.3 Å². The zero-order valence-corrected chi connectivity index (χ0v) is 16.0. The molecule has 0 aliphatic rings. The monoisotopic (exact) mass is 410 g/mol. The van der Waals surface area contributed by atoms with Gasteiger partial charge in [0.25, 0.3) is 0 Å². The van der Waals surface area contributed by atoms with Gasteiger partial charge in [0.15, 0.2) is 14.6 Å². The minimum Gasteiger partial charge on any atom is -0.317 e. The molecular weight excluding hydrogens is 394 g/mol. The average Bonchev–Trinajstić information content (AvgIpc) is 2.96. The molecule has 0 atom stereocenters. The van der Waals surface area contributed by atoms with E-state index in [0.29, 0.717) is 16.0 Å². The van der Waals surface area contributed by atoms with Gasteiger partial charge in [-0.3, -0.25) is 4.79 Å². The number of rotatable bonds is 5. The average molecular weight is 410 g/mol. The molecule has 2 aromatic carbocycles. The highest BCUT2D eigenvalue weighted by atomic mass is 32.2. The normalized spacial score (nSPS) is 12.6. The van der Waals surface area contributed by atoms with Crippen LogP contribution < -0.4 is 4.80 Å². The lowest BCUT2D eigenvalue weighted by Crippen LogP contribution is -2.17. The molecule has 0 spiro atoms. The van der Waals surface area contributed by atoms with Crippen LogP contribution in [0.4, 0.5) is 8.78 Å². The van der Waals surface area contributed by atoms with Crippen LogP contribution in [0.1, 0.15) is 13.3 Å². The molecule has 0 radical (unpaired) electrons. The number of benzene rings is 2. The molecule has 27 heavy (non-hydrogen) atoms. The van der Waals surface area contributed by atoms with E-state index in [2.05, 4.69) is 4.99 Å². The summed E-state index contributed by atoms with van der Waals surface area (Å²) in [6.45, 7) is 2.41. The number of thiazole rings is 1. The maximum atomic E-state index is 13.4. The minimum absolute atomic E-state index is 0.0438. The molecular formula is C18H16F2N2O3S2. The van der Waals surface area contributed by atoms with Crippen LogP contribution in [0.5, 0.6) is 0 Å². The number of hydrogen-bond donors (Lipinski definition) is 0. The van der Waals surface area contributed by atoms with Gasteiger partial charge >= 0.3 is 0 Å². The second kappa shape index (κ2) is 7.69. The van der Waals surface area contributed by atoms with Gasteiger partial charge in [-0.1, -0.05) is 11.3 Å². The van der Waals surface area contributed by atoms with Gasteiger partial charge in [-0.2, -0.15) is 4.99 Å². The molecule has 3 aromatic rings. The van der Waals surface area contributed by atoms with E-state index in [0.717, 1.165) is 29.8 Å². The summed E-state index contributed by atoms with van der Waals surface area (Å²) in [4.78, 5) is 16.5. The molecule has 1 aromatic heterocycles. The van der Waals surface area contributed by atoms with Gasteiger partial charge in [0, 0.05) is 13.0 Å². The number of amides is 1. The van der Waals surface area contributed by atoms with Crippen LogP contribution in [0, 0.1) is 11.6 Å². The van der Waals surface area contributed by atoms with Gasteiger partial charge in [0.1, 0.15) is 11.6 Å². The first-order valence-corrected chi connectivity index (χ1v) is 10.6. The van der Waals surface area contributed by atoms with E-state index >= 15 is 0 Å². The van der Waals surface area contributed by atoms with Crippen molar-refractivity contribution in [2.45, 2.75) is 24.8 Å². The number of hydrogen-bond acceptors (Lipinski definition) is 4. The Labute approximate surface area is 158 Å². The fourth-order valence-corrected chi connectivity index (χ4v) is 4.95. The van der Waals surface area contributed by atoms with Crippen LogP contribution >= 0.6 is 11.3 Å². The quantitative estimate of drug-likeness (QED) is 0.606. The summed E-state index contributed by atoms with van der Waals surface area (Å²) in [6.07, 6.45) is -0.300. The second-order valence-corrected chi connectivity index (χ2v) is 8.89. The highest BCUT2D eigenvalue weighted by molar-refractivity contribution is 7.91. The summed E-state index contributed by atoms with van der Waals surface area (Å²) < 4.78 is 53.2. The third-order valence-electron chi connectivity index (χ3n) is 3.94. The third-order valence-corrected chi connectivity index (χ3v) is 6.71. The van der Waals surface area contributed by atoms with Crippen LogP contribution in [0.15, 0.2) is 52.4 Å². The lowest BCUT2D eigenvalue weighted by Gasteiger charge is -2.03. The molecule has 0 fully saturated rings. The summed E-state index contributed by atoms with van der Waals surface area (Å²) in [5.41, 5.74) is 0.759. The van der Waals surface area contributed by atoms with Gasteiger partial charge in [-0.15, -0.1) is 0 Å². The van der Waals surface area contributed by atoms with Crippen molar-refractivity contribution in [3.8, 4) is 0 Å². The Morgan fingerprint density at radius 1 is 1.11 bits per heavy atom. The largest absolute Gasteiger partial charge is 0.317 e. The molecule has 0 aliphatic carbocycles. The number of carbonyl (C=O) groups is 1. The van der Waals surface area contributed by atoms with Crippen molar-refractivity contribution in [3.05, 3.63) is 58.9 Å². The van der Waals surface area contributed by atoms with E-state index < -0.39 is 27.3 Å². The topological polar surface area (TPSA) is 68.5 Å². The van der Waals surface area contributed by atoms with E-state index in [1.165, 1.54) is 23.5 Å². The molecule has 0 unspecified atom stereocenters. The van der Waals surface area contributed by atoms with Crippen molar-refractivity contribution in [1.29, 1.82) is 0 Å². The first-order chi connectivity index (χ1) is 12.8. The molecule has 142 valence electrons. The van der Waals surface area contributed by atoms with Crippen LogP contribution in [0.2, 0.25) is 0 Å². The molecule has 9 heteroatoms. The van der Waals surface area contributed by atoms with Crippen molar-refractivity contribution in [3.63, 3.8) is 0 Å². The zero-order valence-electron chi connectivity index (χ0n) is 14.4. The molecule has 1 heterocycles. The van der Waals surface area contributed by atoms with E-state index in [1.807, 2.05) is 6.92 Å². The van der Waals surface area contributed by atoms with Crippen LogP contribution in [0.3, 0.4) is 0 Å². The van der Waals surface area contributed by atoms with Gasteiger partial charge < -0.3 is 4.57 Å². The number of aryl methyl sites for hydroxylation is 1. The highest BCUT2D eigenvalue weighted by Gasteiger charge is 2.17. The molecule has 0 aliphatic heterocycles. The predicted octanol–water partition coefficient (Wildman–Crippen LogP) is 3.29. The van der Waals surface area contributed by atoms with Gasteiger partial charge in [0.05, 0.1) is 20.9 Å². The summed E-state index contributed by atoms with van der Waals surface area (Å²) in [7, 11) is -3.71. The Balaban J connectivity index is 1.83. The van der Waals surface area contributed by atoms with E-state index in [1.54, 1.807) is 10.6 Å². The summed E-state index contributed by atoms with van der Waals surface area (Å²) in [6, 6.07) is 8.76. The molecule has 0 saturated carbocycles. The maximum absolute atomic E-state index is 13.4. The number of sulfone groups is 1. The third kappa shape index (κ3) is 4.30. The molecule has 3 rings (SSSR count). The van der Waals surface area contributed by atoms with E-state index in [-0.39, 0.29) is 17.1 Å². The maximum Gasteiger partial charge on any atom is 0.249 e. The lowest BCUT2D eigenvalue weighted by molar-refractivity contribution is -0.117. The van der Waals surface area contributed by atoms with Gasteiger partial charge in [0.2, 0.25) is 5.91 Å². The first kappa shape index (κ1) is 19.4. The Bertz CT molecular complexity index is 1160. The fraction of sp³-hybridized carbons (Fsp3) is 0.222.